The standard InChI is InChI=1S/C26H27N3O2/c1-31-20-12-10-19(11-13-20)27-25(30)18-28-14-16-29(17-15-28)26-23-8-4-2-6-21(23)22-7-3-5-9-24(22)26/h2-13,26H,14-18H2,1H3,(H,27,30)/p+2. The van der Waals surface area contributed by atoms with Crippen LogP contribution in [0.1, 0.15) is 17.2 Å². The molecule has 3 aromatic rings. The lowest BCUT2D eigenvalue weighted by Crippen LogP contribution is -3.28. The summed E-state index contributed by atoms with van der Waals surface area (Å²) < 4.78 is 5.17. The third-order valence-electron chi connectivity index (χ3n) is 6.63. The maximum absolute atomic E-state index is 12.5. The van der Waals surface area contributed by atoms with E-state index in [9.17, 15) is 4.79 Å². The molecule has 1 amide bonds. The van der Waals surface area contributed by atoms with Crippen LogP contribution >= 0.6 is 0 Å². The summed E-state index contributed by atoms with van der Waals surface area (Å²) in [7, 11) is 1.64. The van der Waals surface area contributed by atoms with Gasteiger partial charge in [0.2, 0.25) is 0 Å². The molecular formula is C26H29N3O2+2. The lowest BCUT2D eigenvalue weighted by atomic mass is 10.0. The first kappa shape index (κ1) is 19.8. The van der Waals surface area contributed by atoms with Crippen LogP contribution in [0.25, 0.3) is 11.1 Å². The van der Waals surface area contributed by atoms with Crippen molar-refractivity contribution in [2.45, 2.75) is 6.04 Å². The molecule has 5 rings (SSSR count). The smallest absolute Gasteiger partial charge is 0.279 e. The highest BCUT2D eigenvalue weighted by atomic mass is 16.5. The van der Waals surface area contributed by atoms with Crippen molar-refractivity contribution in [2.24, 2.45) is 0 Å². The van der Waals surface area contributed by atoms with Gasteiger partial charge in [-0.15, -0.1) is 0 Å². The molecule has 0 aromatic heterocycles. The van der Waals surface area contributed by atoms with Crippen LogP contribution in [0.4, 0.5) is 5.69 Å². The average molecular weight is 416 g/mol. The molecule has 5 nitrogen and oxygen atoms in total. The number of amides is 1. The zero-order valence-corrected chi connectivity index (χ0v) is 17.9. The molecule has 1 heterocycles. The molecule has 31 heavy (non-hydrogen) atoms. The molecule has 0 radical (unpaired) electrons. The molecule has 0 saturated carbocycles. The van der Waals surface area contributed by atoms with E-state index in [2.05, 4.69) is 53.8 Å². The van der Waals surface area contributed by atoms with Crippen molar-refractivity contribution in [3.05, 3.63) is 83.9 Å². The highest BCUT2D eigenvalue weighted by Gasteiger charge is 2.38. The molecule has 1 aliphatic carbocycles. The maximum Gasteiger partial charge on any atom is 0.279 e. The van der Waals surface area contributed by atoms with E-state index >= 15 is 0 Å². The number of anilines is 1. The van der Waals surface area contributed by atoms with E-state index in [1.165, 1.54) is 27.2 Å². The van der Waals surface area contributed by atoms with Crippen molar-refractivity contribution in [1.82, 2.24) is 0 Å². The molecule has 5 heteroatoms. The molecule has 2 aliphatic rings. The van der Waals surface area contributed by atoms with Crippen LogP contribution in [0.5, 0.6) is 5.75 Å². The zero-order chi connectivity index (χ0) is 21.2. The van der Waals surface area contributed by atoms with Crippen molar-refractivity contribution in [2.75, 3.05) is 45.2 Å². The number of fused-ring (bicyclic) bond motifs is 3. The van der Waals surface area contributed by atoms with Gasteiger partial charge in [0.15, 0.2) is 6.54 Å². The predicted molar refractivity (Wildman–Crippen MR) is 122 cm³/mol. The van der Waals surface area contributed by atoms with Crippen LogP contribution in [0.15, 0.2) is 72.8 Å². The molecule has 3 N–H and O–H groups in total. The van der Waals surface area contributed by atoms with E-state index in [0.29, 0.717) is 12.6 Å². The summed E-state index contributed by atoms with van der Waals surface area (Å²) in [5, 5.41) is 3.01. The van der Waals surface area contributed by atoms with Crippen molar-refractivity contribution >= 4 is 11.6 Å². The second kappa shape index (κ2) is 8.53. The number of carbonyl (C=O) groups excluding carboxylic acids is 1. The third kappa shape index (κ3) is 3.94. The summed E-state index contributed by atoms with van der Waals surface area (Å²) in [4.78, 5) is 15.5. The first-order valence-electron chi connectivity index (χ1n) is 11.0. The Hall–Kier alpha value is -3.15. The van der Waals surface area contributed by atoms with Crippen molar-refractivity contribution in [1.29, 1.82) is 0 Å². The number of piperazine rings is 1. The lowest BCUT2D eigenvalue weighted by molar-refractivity contribution is -1.02. The van der Waals surface area contributed by atoms with Gasteiger partial charge in [0.05, 0.1) is 7.11 Å². The Labute approximate surface area is 183 Å². The summed E-state index contributed by atoms with van der Waals surface area (Å²) in [5.74, 6) is 0.859. The molecule has 1 aliphatic heterocycles. The SMILES string of the molecule is COc1ccc(NC(=O)C[NH+]2CC[NH+](C3c4ccccc4-c4ccccc43)CC2)cc1. The zero-order valence-electron chi connectivity index (χ0n) is 17.9. The number of nitrogens with one attached hydrogen (secondary N) is 3. The van der Waals surface area contributed by atoms with Gasteiger partial charge in [0.25, 0.3) is 5.91 Å². The molecule has 0 atom stereocenters. The number of hydrogen-bond acceptors (Lipinski definition) is 2. The Morgan fingerprint density at radius 2 is 1.45 bits per heavy atom. The molecular weight excluding hydrogens is 386 g/mol. The fourth-order valence-corrected chi connectivity index (χ4v) is 5.09. The van der Waals surface area contributed by atoms with Crippen molar-refractivity contribution in [3.8, 4) is 16.9 Å². The largest absolute Gasteiger partial charge is 0.497 e. The van der Waals surface area contributed by atoms with E-state index in [-0.39, 0.29) is 5.91 Å². The molecule has 0 unspecified atom stereocenters. The lowest BCUT2D eigenvalue weighted by Gasteiger charge is -2.33. The predicted octanol–water partition coefficient (Wildman–Crippen LogP) is 1.19. The van der Waals surface area contributed by atoms with Gasteiger partial charge in [-0.05, 0) is 35.4 Å². The Kier molecular flexibility index (Phi) is 5.45. The molecule has 158 valence electrons. The van der Waals surface area contributed by atoms with Gasteiger partial charge in [-0.2, -0.15) is 0 Å². The number of quaternary nitrogens is 2. The van der Waals surface area contributed by atoms with Gasteiger partial charge in [-0.25, -0.2) is 0 Å². The summed E-state index contributed by atoms with van der Waals surface area (Å²) >= 11 is 0. The number of hydrogen-bond donors (Lipinski definition) is 3. The van der Waals surface area contributed by atoms with Gasteiger partial charge >= 0.3 is 0 Å². The molecule has 3 aromatic carbocycles. The van der Waals surface area contributed by atoms with Gasteiger partial charge < -0.3 is 19.9 Å². The molecule has 1 saturated heterocycles. The minimum atomic E-state index is 0.0696. The topological polar surface area (TPSA) is 47.2 Å². The van der Waals surface area contributed by atoms with Crippen LogP contribution < -0.4 is 19.9 Å². The van der Waals surface area contributed by atoms with Gasteiger partial charge in [0.1, 0.15) is 38.0 Å². The van der Waals surface area contributed by atoms with E-state index < -0.39 is 0 Å². The van der Waals surface area contributed by atoms with Gasteiger partial charge in [0, 0.05) is 16.8 Å². The first-order valence-corrected chi connectivity index (χ1v) is 11.0. The van der Waals surface area contributed by atoms with Crippen LogP contribution in [-0.4, -0.2) is 45.7 Å². The Balaban J connectivity index is 1.21. The van der Waals surface area contributed by atoms with E-state index in [1.807, 2.05) is 24.3 Å². The second-order valence-electron chi connectivity index (χ2n) is 8.47. The van der Waals surface area contributed by atoms with E-state index in [0.717, 1.165) is 37.6 Å². The van der Waals surface area contributed by atoms with Crippen LogP contribution in [0, 0.1) is 0 Å². The maximum atomic E-state index is 12.5. The number of ether oxygens (including phenoxy) is 1. The minimum Gasteiger partial charge on any atom is -0.497 e. The number of rotatable bonds is 5. The Morgan fingerprint density at radius 1 is 0.871 bits per heavy atom. The van der Waals surface area contributed by atoms with Crippen molar-refractivity contribution < 1.29 is 19.3 Å². The van der Waals surface area contributed by atoms with Crippen LogP contribution in [0.2, 0.25) is 0 Å². The van der Waals surface area contributed by atoms with E-state index in [4.69, 9.17) is 4.74 Å². The molecule has 1 fully saturated rings. The fraction of sp³-hybridized carbons (Fsp3) is 0.269. The van der Waals surface area contributed by atoms with Crippen LogP contribution in [-0.2, 0) is 4.79 Å². The summed E-state index contributed by atoms with van der Waals surface area (Å²) in [6.45, 7) is 4.66. The highest BCUT2D eigenvalue weighted by molar-refractivity contribution is 5.91. The molecule has 0 bridgehead atoms. The van der Waals surface area contributed by atoms with E-state index in [1.54, 1.807) is 12.0 Å². The Morgan fingerprint density at radius 3 is 2.03 bits per heavy atom. The number of methoxy groups -OCH3 is 1. The summed E-state index contributed by atoms with van der Waals surface area (Å²) in [6.07, 6.45) is 0. The van der Waals surface area contributed by atoms with Crippen molar-refractivity contribution in [3.63, 3.8) is 0 Å². The van der Waals surface area contributed by atoms with Gasteiger partial charge in [-0.3, -0.25) is 4.79 Å². The third-order valence-corrected chi connectivity index (χ3v) is 6.63. The first-order chi connectivity index (χ1) is 15.2. The number of carbonyl (C=O) groups is 1. The summed E-state index contributed by atoms with van der Waals surface area (Å²) in [6, 6.07) is 25.5. The Bertz CT molecular complexity index is 1030. The quantitative estimate of drug-likeness (QED) is 0.586. The van der Waals surface area contributed by atoms with Crippen LogP contribution in [0.3, 0.4) is 0 Å². The molecule has 0 spiro atoms. The van der Waals surface area contributed by atoms with Gasteiger partial charge in [-0.1, -0.05) is 48.5 Å². The second-order valence-corrected chi connectivity index (χ2v) is 8.47. The minimum absolute atomic E-state index is 0.0696. The average Bonchev–Trinajstić information content (AvgIpc) is 3.15. The highest BCUT2D eigenvalue weighted by Crippen LogP contribution is 2.41. The monoisotopic (exact) mass is 415 g/mol. The fourth-order valence-electron chi connectivity index (χ4n) is 5.09. The normalized spacial score (nSPS) is 20.0. The summed E-state index contributed by atoms with van der Waals surface area (Å²) in [5.41, 5.74) is 6.46. The number of benzene rings is 3.